The standard InChI is InChI=1S/C22H32N4O2/c1-6-26(7-2)16-18-11-9-8-10-17(18)15-24-22(23-3)25-19-12-13-20(27-4)21(14-19)28-5/h8-14H,6-7,15-16H2,1-5H3,(H2,23,24,25). The summed E-state index contributed by atoms with van der Waals surface area (Å²) >= 11 is 0. The molecule has 0 aliphatic carbocycles. The van der Waals surface area contributed by atoms with E-state index in [2.05, 4.69) is 58.6 Å². The number of hydrogen-bond donors (Lipinski definition) is 2. The smallest absolute Gasteiger partial charge is 0.195 e. The molecule has 0 unspecified atom stereocenters. The molecule has 152 valence electrons. The first-order chi connectivity index (χ1) is 13.6. The van der Waals surface area contributed by atoms with E-state index in [1.807, 2.05) is 18.2 Å². The highest BCUT2D eigenvalue weighted by Gasteiger charge is 2.09. The third-order valence-electron chi connectivity index (χ3n) is 4.72. The number of guanidine groups is 1. The Morgan fingerprint density at radius 1 is 0.964 bits per heavy atom. The number of methoxy groups -OCH3 is 2. The molecule has 0 aliphatic rings. The molecule has 2 aromatic carbocycles. The van der Waals surface area contributed by atoms with Gasteiger partial charge in [0.15, 0.2) is 17.5 Å². The summed E-state index contributed by atoms with van der Waals surface area (Å²) in [6, 6.07) is 14.2. The summed E-state index contributed by atoms with van der Waals surface area (Å²) in [7, 11) is 5.01. The Hall–Kier alpha value is -2.73. The van der Waals surface area contributed by atoms with Crippen molar-refractivity contribution < 1.29 is 9.47 Å². The molecule has 0 atom stereocenters. The van der Waals surface area contributed by atoms with Gasteiger partial charge in [0.1, 0.15) is 0 Å². The predicted molar refractivity (Wildman–Crippen MR) is 116 cm³/mol. The summed E-state index contributed by atoms with van der Waals surface area (Å²) in [5.41, 5.74) is 3.48. The lowest BCUT2D eigenvalue weighted by Gasteiger charge is -2.21. The van der Waals surface area contributed by atoms with E-state index in [-0.39, 0.29) is 0 Å². The Morgan fingerprint density at radius 2 is 1.64 bits per heavy atom. The van der Waals surface area contributed by atoms with Crippen LogP contribution in [0.15, 0.2) is 47.5 Å². The van der Waals surface area contributed by atoms with Crippen LogP contribution in [0, 0.1) is 0 Å². The largest absolute Gasteiger partial charge is 0.493 e. The van der Waals surface area contributed by atoms with Crippen LogP contribution < -0.4 is 20.1 Å². The maximum atomic E-state index is 5.37. The normalized spacial score (nSPS) is 11.4. The van der Waals surface area contributed by atoms with Gasteiger partial charge in [0.2, 0.25) is 0 Å². The van der Waals surface area contributed by atoms with Crippen LogP contribution in [0.25, 0.3) is 0 Å². The number of rotatable bonds is 9. The fourth-order valence-electron chi connectivity index (χ4n) is 2.98. The van der Waals surface area contributed by atoms with Gasteiger partial charge < -0.3 is 20.1 Å². The van der Waals surface area contributed by atoms with Crippen molar-refractivity contribution in [2.24, 2.45) is 4.99 Å². The molecule has 0 amide bonds. The Labute approximate surface area is 168 Å². The van der Waals surface area contributed by atoms with Crippen molar-refractivity contribution >= 4 is 11.6 Å². The molecule has 0 bridgehead atoms. The highest BCUT2D eigenvalue weighted by molar-refractivity contribution is 5.93. The summed E-state index contributed by atoms with van der Waals surface area (Å²) in [5.74, 6) is 2.07. The Balaban J connectivity index is 2.05. The van der Waals surface area contributed by atoms with Gasteiger partial charge in [-0.2, -0.15) is 0 Å². The molecular weight excluding hydrogens is 352 g/mol. The van der Waals surface area contributed by atoms with Gasteiger partial charge in [-0.15, -0.1) is 0 Å². The summed E-state index contributed by atoms with van der Waals surface area (Å²) in [4.78, 5) is 6.74. The van der Waals surface area contributed by atoms with Gasteiger partial charge in [-0.05, 0) is 36.3 Å². The first kappa shape index (κ1) is 21.6. The fourth-order valence-corrected chi connectivity index (χ4v) is 2.98. The first-order valence-corrected chi connectivity index (χ1v) is 9.63. The number of nitrogens with zero attached hydrogens (tertiary/aromatic N) is 2. The minimum Gasteiger partial charge on any atom is -0.493 e. The minimum atomic E-state index is 0.674. The van der Waals surface area contributed by atoms with Crippen LogP contribution in [0.3, 0.4) is 0 Å². The van der Waals surface area contributed by atoms with E-state index >= 15 is 0 Å². The molecule has 2 aromatic rings. The third kappa shape index (κ3) is 5.89. The van der Waals surface area contributed by atoms with Gasteiger partial charge in [-0.1, -0.05) is 38.1 Å². The van der Waals surface area contributed by atoms with E-state index in [1.54, 1.807) is 21.3 Å². The first-order valence-electron chi connectivity index (χ1n) is 9.63. The maximum Gasteiger partial charge on any atom is 0.195 e. The van der Waals surface area contributed by atoms with Crippen LogP contribution in [0.1, 0.15) is 25.0 Å². The van der Waals surface area contributed by atoms with E-state index in [0.717, 1.165) is 25.3 Å². The predicted octanol–water partition coefficient (Wildman–Crippen LogP) is 3.73. The maximum absolute atomic E-state index is 5.37. The van der Waals surface area contributed by atoms with Crippen LogP contribution >= 0.6 is 0 Å². The highest BCUT2D eigenvalue weighted by atomic mass is 16.5. The fraction of sp³-hybridized carbons (Fsp3) is 0.409. The lowest BCUT2D eigenvalue weighted by molar-refractivity contribution is 0.295. The van der Waals surface area contributed by atoms with Gasteiger partial charge in [-0.25, -0.2) is 0 Å². The second-order valence-electron chi connectivity index (χ2n) is 6.35. The molecule has 28 heavy (non-hydrogen) atoms. The molecule has 0 aromatic heterocycles. The zero-order chi connectivity index (χ0) is 20.4. The van der Waals surface area contributed by atoms with Gasteiger partial charge in [0.05, 0.1) is 14.2 Å². The average molecular weight is 385 g/mol. The molecule has 2 rings (SSSR count). The molecule has 6 heteroatoms. The summed E-state index contributed by atoms with van der Waals surface area (Å²) < 4.78 is 10.7. The highest BCUT2D eigenvalue weighted by Crippen LogP contribution is 2.29. The van der Waals surface area contributed by atoms with Gasteiger partial charge >= 0.3 is 0 Å². The second-order valence-corrected chi connectivity index (χ2v) is 6.35. The molecule has 0 saturated carbocycles. The number of ether oxygens (including phenoxy) is 2. The van der Waals surface area contributed by atoms with Crippen LogP contribution in [0.5, 0.6) is 11.5 Å². The summed E-state index contributed by atoms with van der Waals surface area (Å²) in [5, 5.41) is 6.70. The van der Waals surface area contributed by atoms with E-state index in [9.17, 15) is 0 Å². The second kappa shape index (κ2) is 11.2. The molecule has 0 saturated heterocycles. The molecule has 0 spiro atoms. The van der Waals surface area contributed by atoms with Crippen molar-refractivity contribution in [2.75, 3.05) is 39.7 Å². The monoisotopic (exact) mass is 384 g/mol. The quantitative estimate of drug-likeness (QED) is 0.510. The number of benzene rings is 2. The third-order valence-corrected chi connectivity index (χ3v) is 4.72. The van der Waals surface area contributed by atoms with Crippen LogP contribution in [0.4, 0.5) is 5.69 Å². The topological polar surface area (TPSA) is 58.1 Å². The summed E-state index contributed by atoms with van der Waals surface area (Å²) in [6.07, 6.45) is 0. The number of anilines is 1. The Morgan fingerprint density at radius 3 is 2.25 bits per heavy atom. The van der Waals surface area contributed by atoms with Crippen molar-refractivity contribution in [1.82, 2.24) is 10.2 Å². The van der Waals surface area contributed by atoms with E-state index in [1.165, 1.54) is 11.1 Å². The van der Waals surface area contributed by atoms with Gasteiger partial charge in [-0.3, -0.25) is 9.89 Å². The minimum absolute atomic E-state index is 0.674. The summed E-state index contributed by atoms with van der Waals surface area (Å²) in [6.45, 7) is 8.12. The van der Waals surface area contributed by atoms with Crippen LogP contribution in [-0.2, 0) is 13.1 Å². The van der Waals surface area contributed by atoms with Crippen molar-refractivity contribution in [2.45, 2.75) is 26.9 Å². The van der Waals surface area contributed by atoms with E-state index < -0.39 is 0 Å². The molecule has 0 heterocycles. The molecule has 0 radical (unpaired) electrons. The van der Waals surface area contributed by atoms with Crippen molar-refractivity contribution in [3.8, 4) is 11.5 Å². The zero-order valence-electron chi connectivity index (χ0n) is 17.6. The Kier molecular flexibility index (Phi) is 8.62. The van der Waals surface area contributed by atoms with Crippen molar-refractivity contribution in [3.05, 3.63) is 53.6 Å². The van der Waals surface area contributed by atoms with Crippen molar-refractivity contribution in [3.63, 3.8) is 0 Å². The SMILES string of the molecule is CCN(CC)Cc1ccccc1CNC(=NC)Nc1ccc(OC)c(OC)c1. The number of aliphatic imine (C=N–C) groups is 1. The van der Waals surface area contributed by atoms with Crippen LogP contribution in [0.2, 0.25) is 0 Å². The zero-order valence-corrected chi connectivity index (χ0v) is 17.6. The van der Waals surface area contributed by atoms with Gasteiger partial charge in [0, 0.05) is 31.9 Å². The van der Waals surface area contributed by atoms with Crippen LogP contribution in [-0.4, -0.2) is 45.2 Å². The molecule has 6 nitrogen and oxygen atoms in total. The van der Waals surface area contributed by atoms with Gasteiger partial charge in [0.25, 0.3) is 0 Å². The van der Waals surface area contributed by atoms with E-state index in [0.29, 0.717) is 24.0 Å². The number of nitrogens with one attached hydrogen (secondary N) is 2. The average Bonchev–Trinajstić information content (AvgIpc) is 2.75. The Bertz CT molecular complexity index is 773. The molecule has 0 fully saturated rings. The van der Waals surface area contributed by atoms with E-state index in [4.69, 9.17) is 9.47 Å². The molecular formula is C22H32N4O2. The van der Waals surface area contributed by atoms with Crippen molar-refractivity contribution in [1.29, 1.82) is 0 Å². The molecule has 2 N–H and O–H groups in total. The lowest BCUT2D eigenvalue weighted by Crippen LogP contribution is -2.31. The lowest BCUT2D eigenvalue weighted by atomic mass is 10.1. The number of hydrogen-bond acceptors (Lipinski definition) is 4. The molecule has 0 aliphatic heterocycles.